The molecule has 0 unspecified atom stereocenters. The van der Waals surface area contributed by atoms with Crippen LogP contribution in [0.2, 0.25) is 0 Å². The number of hydrogen-bond acceptors (Lipinski definition) is 14. The van der Waals surface area contributed by atoms with E-state index in [0.717, 1.165) is 27.1 Å². The Morgan fingerprint density at radius 1 is 0.634 bits per heavy atom. The molecule has 0 saturated carbocycles. The molecule has 0 fully saturated rings. The second-order valence-corrected chi connectivity index (χ2v) is 14.3. The van der Waals surface area contributed by atoms with Gasteiger partial charge in [-0.25, -0.2) is 9.97 Å². The molecule has 0 aromatic carbocycles. The Morgan fingerprint density at radius 2 is 1.00 bits per heavy atom. The predicted octanol–water partition coefficient (Wildman–Crippen LogP) is 8.38. The van der Waals surface area contributed by atoms with Crippen LogP contribution in [0, 0.1) is 0 Å². The van der Waals surface area contributed by atoms with E-state index < -0.39 is 0 Å². The maximum absolute atomic E-state index is 5.18. The third-order valence-electron chi connectivity index (χ3n) is 4.67. The number of rotatable bonds is 6. The van der Waals surface area contributed by atoms with Crippen LogP contribution in [0.25, 0.3) is 42.8 Å². The van der Waals surface area contributed by atoms with E-state index in [-0.39, 0.29) is 0 Å². The van der Waals surface area contributed by atoms with Crippen molar-refractivity contribution < 1.29 is 9.47 Å². The van der Waals surface area contributed by atoms with Gasteiger partial charge in [0.25, 0.3) is 0 Å². The predicted molar refractivity (Wildman–Crippen MR) is 179 cm³/mol. The van der Waals surface area contributed by atoms with Crippen molar-refractivity contribution >= 4 is 97.7 Å². The third kappa shape index (κ3) is 8.79. The molecule has 0 aliphatic heterocycles. The number of methoxy groups -OCH3 is 2. The first kappa shape index (κ1) is 31.5. The van der Waals surface area contributed by atoms with Crippen molar-refractivity contribution in [2.75, 3.05) is 14.2 Å². The Bertz CT molecular complexity index is 1590. The number of thiol groups is 1. The quantitative estimate of drug-likeness (QED) is 0.133. The average Bonchev–Trinajstić information content (AvgIpc) is 3.81. The first-order valence-electron chi connectivity index (χ1n) is 11.2. The van der Waals surface area contributed by atoms with Gasteiger partial charge in [0.05, 0.1) is 41.3 Å². The number of ether oxygens (including phenoxy) is 2. The molecule has 1 radical (unpaired) electrons. The summed E-state index contributed by atoms with van der Waals surface area (Å²) in [6, 6.07) is 16.5. The standard InChI is InChI=1S/C12H7Br2N3OS2.C12H9N3OS2.BHNS/c1-18-12-16-10(6-2-4-8(13)19-6)15-11(17-12)7-3-5-9(14)20-7;1-16-12-14-10(8-4-2-6-17-8)13-11(15-12)9-5-3-7-18-9;1-2-3/h2-5H,1H3;2-7H,1H3;3H. The van der Waals surface area contributed by atoms with Crippen LogP contribution >= 0.6 is 90.0 Å². The van der Waals surface area contributed by atoms with Gasteiger partial charge in [0.1, 0.15) is 0 Å². The average molecular weight is 766 g/mol. The van der Waals surface area contributed by atoms with Gasteiger partial charge in [-0.1, -0.05) is 12.1 Å². The SMILES string of the molecule is COc1nc(-c2ccc(Br)s2)nc(-c2ccc(Br)s2)n1.COc1nc(-c2cccs2)nc(-c2cccs2)n1.[B]=NS. The topological polar surface area (TPSA) is 108 Å². The van der Waals surface area contributed by atoms with Crippen molar-refractivity contribution in [1.29, 1.82) is 0 Å². The zero-order valence-electron chi connectivity index (χ0n) is 21.1. The van der Waals surface area contributed by atoms with E-state index >= 15 is 0 Å². The van der Waals surface area contributed by atoms with Crippen LogP contribution in [0.15, 0.2) is 71.2 Å². The van der Waals surface area contributed by atoms with Gasteiger partial charge >= 0.3 is 36.8 Å². The van der Waals surface area contributed by atoms with E-state index in [0.29, 0.717) is 35.3 Å². The van der Waals surface area contributed by atoms with Crippen LogP contribution in [-0.4, -0.2) is 51.8 Å². The van der Waals surface area contributed by atoms with Crippen molar-refractivity contribution in [2.45, 2.75) is 0 Å². The molecule has 0 N–H and O–H groups in total. The Balaban J connectivity index is 0.000000173. The first-order chi connectivity index (χ1) is 19.9. The van der Waals surface area contributed by atoms with Gasteiger partial charge in [-0.15, -0.1) is 45.3 Å². The van der Waals surface area contributed by atoms with Crippen molar-refractivity contribution in [1.82, 2.24) is 29.9 Å². The van der Waals surface area contributed by atoms with E-state index in [2.05, 4.69) is 86.5 Å². The van der Waals surface area contributed by atoms with Gasteiger partial charge in [0, 0.05) is 0 Å². The van der Waals surface area contributed by atoms with Crippen LogP contribution in [0.4, 0.5) is 0 Å². The van der Waals surface area contributed by atoms with Gasteiger partial charge in [0.2, 0.25) is 0 Å². The molecule has 0 aliphatic carbocycles. The van der Waals surface area contributed by atoms with Gasteiger partial charge in [0.15, 0.2) is 23.3 Å². The van der Waals surface area contributed by atoms with Gasteiger partial charge in [-0.3, -0.25) is 0 Å². The molecule has 0 spiro atoms. The van der Waals surface area contributed by atoms with Crippen molar-refractivity contribution in [3.8, 4) is 54.8 Å². The summed E-state index contributed by atoms with van der Waals surface area (Å²) in [5.41, 5.74) is 0. The summed E-state index contributed by atoms with van der Waals surface area (Å²) in [6.07, 6.45) is 0. The molecule has 9 nitrogen and oxygen atoms in total. The monoisotopic (exact) mass is 764 g/mol. The molecular formula is C24H17BBr2N7O2S5. The van der Waals surface area contributed by atoms with Crippen LogP contribution in [-0.2, 0) is 0 Å². The summed E-state index contributed by atoms with van der Waals surface area (Å²) < 4.78 is 15.1. The molecule has 6 aromatic rings. The number of thiophene rings is 4. The first-order valence-corrected chi connectivity index (χ1v) is 16.6. The van der Waals surface area contributed by atoms with Gasteiger partial charge in [-0.2, -0.15) is 19.9 Å². The molecular weight excluding hydrogens is 749 g/mol. The second-order valence-electron chi connectivity index (χ2n) is 7.22. The zero-order valence-corrected chi connectivity index (χ0v) is 28.5. The van der Waals surface area contributed by atoms with Gasteiger partial charge < -0.3 is 9.47 Å². The molecule has 6 aromatic heterocycles. The summed E-state index contributed by atoms with van der Waals surface area (Å²) in [6.45, 7) is 0. The number of halogens is 2. The Labute approximate surface area is 275 Å². The van der Waals surface area contributed by atoms with Gasteiger partial charge in [-0.05, 0) is 79.0 Å². The summed E-state index contributed by atoms with van der Waals surface area (Å²) in [7, 11) is 7.45. The summed E-state index contributed by atoms with van der Waals surface area (Å²) in [4.78, 5) is 30.1. The fourth-order valence-electron chi connectivity index (χ4n) is 3.02. The zero-order chi connectivity index (χ0) is 29.2. The molecule has 207 valence electrons. The van der Waals surface area contributed by atoms with E-state index in [9.17, 15) is 0 Å². The third-order valence-corrected chi connectivity index (χ3v) is 9.64. The fraction of sp³-hybridized carbons (Fsp3) is 0.0833. The molecule has 0 saturated heterocycles. The van der Waals surface area contributed by atoms with Crippen LogP contribution in [0.5, 0.6) is 12.0 Å². The molecule has 6 rings (SSSR count). The Hall–Kier alpha value is -2.41. The Morgan fingerprint density at radius 3 is 1.27 bits per heavy atom. The van der Waals surface area contributed by atoms with Crippen LogP contribution in [0.3, 0.4) is 0 Å². The molecule has 6 heterocycles. The van der Waals surface area contributed by atoms with E-state index in [4.69, 9.17) is 9.47 Å². The second kappa shape index (κ2) is 15.7. The molecule has 0 atom stereocenters. The number of hydrogen-bond donors (Lipinski definition) is 1. The van der Waals surface area contributed by atoms with E-state index in [1.54, 1.807) is 59.6 Å². The maximum atomic E-state index is 5.18. The molecule has 0 aliphatic rings. The summed E-state index contributed by atoms with van der Waals surface area (Å²) >= 11 is 16.4. The van der Waals surface area contributed by atoms with E-state index in [1.165, 1.54) is 0 Å². The minimum atomic E-state index is 0.319. The Kier molecular flexibility index (Phi) is 12.1. The molecule has 41 heavy (non-hydrogen) atoms. The van der Waals surface area contributed by atoms with Crippen LogP contribution in [0.1, 0.15) is 0 Å². The molecule has 17 heteroatoms. The molecule has 0 bridgehead atoms. The molecule has 0 amide bonds. The summed E-state index contributed by atoms with van der Waals surface area (Å²) in [5, 5.41) is 3.99. The van der Waals surface area contributed by atoms with Crippen molar-refractivity contribution in [2.24, 2.45) is 4.30 Å². The van der Waals surface area contributed by atoms with Crippen molar-refractivity contribution in [3.63, 3.8) is 0 Å². The minimum absolute atomic E-state index is 0.319. The van der Waals surface area contributed by atoms with E-state index in [1.807, 2.05) is 59.3 Å². The van der Waals surface area contributed by atoms with Crippen molar-refractivity contribution in [3.05, 3.63) is 66.9 Å². The fourth-order valence-corrected chi connectivity index (χ4v) is 6.97. The van der Waals surface area contributed by atoms with Crippen LogP contribution < -0.4 is 9.47 Å². The number of nitrogens with zero attached hydrogens (tertiary/aromatic N) is 7. The normalized spacial score (nSPS) is 10.1. The number of aromatic nitrogens is 6. The summed E-state index contributed by atoms with van der Waals surface area (Å²) in [5.74, 6) is 2.54.